The van der Waals surface area contributed by atoms with Crippen molar-refractivity contribution >= 4 is 17.3 Å². The minimum Gasteiger partial charge on any atom is -0.508 e. The van der Waals surface area contributed by atoms with Crippen molar-refractivity contribution in [3.8, 4) is 11.5 Å². The van der Waals surface area contributed by atoms with E-state index < -0.39 is 0 Å². The molecule has 2 N–H and O–H groups in total. The second-order valence-corrected chi connectivity index (χ2v) is 4.38. The highest BCUT2D eigenvalue weighted by molar-refractivity contribution is 6.33. The van der Waals surface area contributed by atoms with E-state index in [1.54, 1.807) is 25.3 Å². The van der Waals surface area contributed by atoms with Gasteiger partial charge in [0.2, 0.25) is 0 Å². The number of hydrogen-bond acceptors (Lipinski definition) is 3. The Morgan fingerprint density at radius 1 is 1.26 bits per heavy atom. The third-order valence-corrected chi connectivity index (χ3v) is 3.01. The quantitative estimate of drug-likeness (QED) is 0.895. The second-order valence-electron chi connectivity index (χ2n) is 3.97. The summed E-state index contributed by atoms with van der Waals surface area (Å²) >= 11 is 5.94. The van der Waals surface area contributed by atoms with Gasteiger partial charge < -0.3 is 15.2 Å². The molecule has 0 heterocycles. The van der Waals surface area contributed by atoms with Crippen LogP contribution in [0.4, 0.5) is 10.1 Å². The van der Waals surface area contributed by atoms with Gasteiger partial charge in [-0.2, -0.15) is 0 Å². The number of aromatic hydroxyl groups is 1. The molecule has 100 valence electrons. The van der Waals surface area contributed by atoms with Crippen LogP contribution in [0.1, 0.15) is 5.56 Å². The molecule has 0 saturated carbocycles. The van der Waals surface area contributed by atoms with E-state index in [-0.39, 0.29) is 11.6 Å². The summed E-state index contributed by atoms with van der Waals surface area (Å²) in [5.41, 5.74) is 1.11. The van der Waals surface area contributed by atoms with Gasteiger partial charge in [-0.3, -0.25) is 0 Å². The monoisotopic (exact) mass is 281 g/mol. The van der Waals surface area contributed by atoms with Crippen LogP contribution in [-0.4, -0.2) is 12.2 Å². The molecular formula is C14H13ClFNO2. The van der Waals surface area contributed by atoms with Crippen molar-refractivity contribution in [2.24, 2.45) is 0 Å². The Hall–Kier alpha value is -1.94. The molecule has 0 fully saturated rings. The number of methoxy groups -OCH3 is 1. The predicted octanol–water partition coefficient (Wildman–Crippen LogP) is 3.81. The summed E-state index contributed by atoms with van der Waals surface area (Å²) < 4.78 is 18.2. The maximum absolute atomic E-state index is 13.1. The Balaban J connectivity index is 2.16. The zero-order valence-electron chi connectivity index (χ0n) is 10.3. The van der Waals surface area contributed by atoms with Crippen molar-refractivity contribution in [3.05, 3.63) is 52.8 Å². The maximum Gasteiger partial charge on any atom is 0.125 e. The first-order valence-corrected chi connectivity index (χ1v) is 6.03. The lowest BCUT2D eigenvalue weighted by Gasteiger charge is -2.11. The normalized spacial score (nSPS) is 10.3. The third kappa shape index (κ3) is 3.29. The summed E-state index contributed by atoms with van der Waals surface area (Å²) in [6.45, 7) is 0.312. The largest absolute Gasteiger partial charge is 0.508 e. The number of anilines is 1. The summed E-state index contributed by atoms with van der Waals surface area (Å²) in [6, 6.07) is 8.98. The molecule has 3 nitrogen and oxygen atoms in total. The molecule has 0 aromatic heterocycles. The predicted molar refractivity (Wildman–Crippen MR) is 73.4 cm³/mol. The minimum absolute atomic E-state index is 0.140. The number of hydrogen-bond donors (Lipinski definition) is 2. The molecule has 0 spiro atoms. The number of rotatable bonds is 4. The molecule has 0 radical (unpaired) electrons. The number of nitrogens with one attached hydrogen (secondary N) is 1. The first-order chi connectivity index (χ1) is 9.10. The van der Waals surface area contributed by atoms with Crippen LogP contribution >= 0.6 is 11.6 Å². The average Bonchev–Trinajstić information content (AvgIpc) is 2.41. The Labute approximate surface area is 115 Å². The molecule has 0 amide bonds. The summed E-state index contributed by atoms with van der Waals surface area (Å²) in [4.78, 5) is 0. The van der Waals surface area contributed by atoms with E-state index in [0.717, 1.165) is 0 Å². The second kappa shape index (κ2) is 5.80. The lowest BCUT2D eigenvalue weighted by atomic mass is 10.2. The van der Waals surface area contributed by atoms with Crippen LogP contribution in [0.2, 0.25) is 5.02 Å². The fraction of sp³-hybridized carbons (Fsp3) is 0.143. The van der Waals surface area contributed by atoms with Gasteiger partial charge in [-0.05, 0) is 36.4 Å². The van der Waals surface area contributed by atoms with E-state index in [4.69, 9.17) is 16.3 Å². The van der Waals surface area contributed by atoms with E-state index >= 15 is 0 Å². The third-order valence-electron chi connectivity index (χ3n) is 2.68. The topological polar surface area (TPSA) is 41.5 Å². The van der Waals surface area contributed by atoms with E-state index in [2.05, 4.69) is 5.32 Å². The van der Waals surface area contributed by atoms with Crippen molar-refractivity contribution < 1.29 is 14.2 Å². The van der Waals surface area contributed by atoms with Crippen molar-refractivity contribution in [2.45, 2.75) is 6.54 Å². The van der Waals surface area contributed by atoms with Crippen molar-refractivity contribution in [3.63, 3.8) is 0 Å². The molecule has 2 aromatic carbocycles. The number of ether oxygens (including phenoxy) is 1. The van der Waals surface area contributed by atoms with E-state index in [1.165, 1.54) is 18.2 Å². The van der Waals surface area contributed by atoms with Crippen LogP contribution in [0, 0.1) is 5.82 Å². The van der Waals surface area contributed by atoms with E-state index in [0.29, 0.717) is 28.6 Å². The van der Waals surface area contributed by atoms with Gasteiger partial charge in [0, 0.05) is 12.1 Å². The summed E-state index contributed by atoms with van der Waals surface area (Å²) in [6.07, 6.45) is 0. The lowest BCUT2D eigenvalue weighted by Crippen LogP contribution is -2.01. The zero-order valence-corrected chi connectivity index (χ0v) is 11.0. The molecule has 2 rings (SSSR count). The van der Waals surface area contributed by atoms with Crippen LogP contribution < -0.4 is 10.1 Å². The summed E-state index contributed by atoms with van der Waals surface area (Å²) in [7, 11) is 1.55. The fourth-order valence-corrected chi connectivity index (χ4v) is 1.84. The Bertz CT molecular complexity index is 590. The molecular weight excluding hydrogens is 269 g/mol. The minimum atomic E-state index is -0.373. The van der Waals surface area contributed by atoms with Crippen LogP contribution in [0.3, 0.4) is 0 Å². The Kier molecular flexibility index (Phi) is 4.12. The molecule has 0 aliphatic heterocycles. The first kappa shape index (κ1) is 13.5. The highest BCUT2D eigenvalue weighted by atomic mass is 35.5. The van der Waals surface area contributed by atoms with Gasteiger partial charge in [0.25, 0.3) is 0 Å². The maximum atomic E-state index is 13.1. The smallest absolute Gasteiger partial charge is 0.125 e. The zero-order chi connectivity index (χ0) is 13.8. The van der Waals surface area contributed by atoms with Gasteiger partial charge in [-0.15, -0.1) is 0 Å². The lowest BCUT2D eigenvalue weighted by molar-refractivity contribution is 0.411. The number of benzene rings is 2. The van der Waals surface area contributed by atoms with Crippen LogP contribution in [0.25, 0.3) is 0 Å². The molecule has 0 atom stereocenters. The summed E-state index contributed by atoms with van der Waals surface area (Å²) in [5.74, 6) is 0.405. The van der Waals surface area contributed by atoms with Crippen LogP contribution in [0.5, 0.6) is 11.5 Å². The summed E-state index contributed by atoms with van der Waals surface area (Å²) in [5, 5.41) is 13.1. The molecule has 19 heavy (non-hydrogen) atoms. The van der Waals surface area contributed by atoms with Crippen molar-refractivity contribution in [2.75, 3.05) is 12.4 Å². The molecule has 0 aliphatic rings. The number of phenolic OH excluding ortho intramolecular Hbond substituents is 1. The molecule has 0 unspecified atom stereocenters. The van der Waals surface area contributed by atoms with Gasteiger partial charge in [0.1, 0.15) is 17.3 Å². The number of halogens is 2. The highest BCUT2D eigenvalue weighted by Gasteiger charge is 2.06. The molecule has 0 bridgehead atoms. The number of phenols is 1. The fourth-order valence-electron chi connectivity index (χ4n) is 1.65. The van der Waals surface area contributed by atoms with E-state index in [9.17, 15) is 9.50 Å². The van der Waals surface area contributed by atoms with Gasteiger partial charge in [-0.25, -0.2) is 4.39 Å². The van der Waals surface area contributed by atoms with E-state index in [1.807, 2.05) is 0 Å². The standard InChI is InChI=1S/C14H13ClFNO2/c1-19-11-3-5-14(18)9(6-11)8-17-13-7-10(16)2-4-12(13)15/h2-7,17-18H,8H2,1H3. The Morgan fingerprint density at radius 3 is 2.79 bits per heavy atom. The molecule has 0 aliphatic carbocycles. The Morgan fingerprint density at radius 2 is 2.05 bits per heavy atom. The van der Waals surface area contributed by atoms with Gasteiger partial charge in [0.05, 0.1) is 17.8 Å². The van der Waals surface area contributed by atoms with Gasteiger partial charge in [-0.1, -0.05) is 11.6 Å². The highest BCUT2D eigenvalue weighted by Crippen LogP contribution is 2.26. The SMILES string of the molecule is COc1ccc(O)c(CNc2cc(F)ccc2Cl)c1. The van der Waals surface area contributed by atoms with Crippen molar-refractivity contribution in [1.29, 1.82) is 0 Å². The van der Waals surface area contributed by atoms with Gasteiger partial charge in [0.15, 0.2) is 0 Å². The van der Waals surface area contributed by atoms with Crippen LogP contribution in [-0.2, 0) is 6.54 Å². The van der Waals surface area contributed by atoms with Crippen molar-refractivity contribution in [1.82, 2.24) is 0 Å². The molecule has 2 aromatic rings. The average molecular weight is 282 g/mol. The first-order valence-electron chi connectivity index (χ1n) is 5.65. The van der Waals surface area contributed by atoms with Crippen LogP contribution in [0.15, 0.2) is 36.4 Å². The molecule has 0 saturated heterocycles. The van der Waals surface area contributed by atoms with Gasteiger partial charge >= 0.3 is 0 Å². The molecule has 5 heteroatoms.